The zero-order valence-corrected chi connectivity index (χ0v) is 20.3. The number of fused-ring (bicyclic) bond motifs is 1. The van der Waals surface area contributed by atoms with E-state index in [4.69, 9.17) is 16.3 Å². The van der Waals surface area contributed by atoms with E-state index in [2.05, 4.69) is 69.1 Å². The van der Waals surface area contributed by atoms with Crippen molar-refractivity contribution in [2.24, 2.45) is 0 Å². The molecule has 6 heteroatoms. The molecule has 1 heterocycles. The standard InChI is InChI=1S/C26H24BrClN2O2/c1-17-23(13-14-29-26(31)19-5-9-21(28)10-6-19)24-15-22(32-2)11-12-25(24)30(17)16-18-3-7-20(27)8-4-18/h3-12,15H,13-14,16H2,1-2H3,(H,29,31). The van der Waals surface area contributed by atoms with Gasteiger partial charge >= 0.3 is 0 Å². The van der Waals surface area contributed by atoms with E-state index in [1.807, 2.05) is 6.07 Å². The molecule has 3 aromatic carbocycles. The molecule has 0 saturated heterocycles. The Balaban J connectivity index is 1.59. The molecule has 0 unspecified atom stereocenters. The molecule has 0 saturated carbocycles. The molecule has 0 aliphatic carbocycles. The van der Waals surface area contributed by atoms with Gasteiger partial charge in [-0.25, -0.2) is 0 Å². The molecule has 0 bridgehead atoms. The molecule has 4 aromatic rings. The largest absolute Gasteiger partial charge is 0.497 e. The fourth-order valence-corrected chi connectivity index (χ4v) is 4.34. The summed E-state index contributed by atoms with van der Waals surface area (Å²) in [6.07, 6.45) is 0.724. The monoisotopic (exact) mass is 510 g/mol. The fraction of sp³-hybridized carbons (Fsp3) is 0.192. The number of amides is 1. The van der Waals surface area contributed by atoms with Gasteiger partial charge in [-0.05, 0) is 79.1 Å². The van der Waals surface area contributed by atoms with Crippen LogP contribution in [0, 0.1) is 6.92 Å². The van der Waals surface area contributed by atoms with Crippen LogP contribution in [0.5, 0.6) is 5.75 Å². The first-order valence-corrected chi connectivity index (χ1v) is 11.6. The topological polar surface area (TPSA) is 43.3 Å². The van der Waals surface area contributed by atoms with Crippen molar-refractivity contribution in [3.8, 4) is 5.75 Å². The predicted octanol–water partition coefficient (Wildman–Crippen LogP) is 6.40. The van der Waals surface area contributed by atoms with Crippen LogP contribution in [-0.2, 0) is 13.0 Å². The van der Waals surface area contributed by atoms with Crippen molar-refractivity contribution in [3.05, 3.63) is 98.6 Å². The molecule has 1 N–H and O–H groups in total. The van der Waals surface area contributed by atoms with Gasteiger partial charge in [-0.2, -0.15) is 0 Å². The Hall–Kier alpha value is -2.76. The van der Waals surface area contributed by atoms with Crippen LogP contribution < -0.4 is 10.1 Å². The number of rotatable bonds is 7. The molecule has 32 heavy (non-hydrogen) atoms. The van der Waals surface area contributed by atoms with E-state index in [-0.39, 0.29) is 5.91 Å². The Morgan fingerprint density at radius 2 is 1.78 bits per heavy atom. The van der Waals surface area contributed by atoms with Gasteiger partial charge in [-0.1, -0.05) is 39.7 Å². The van der Waals surface area contributed by atoms with Crippen molar-refractivity contribution in [1.29, 1.82) is 0 Å². The van der Waals surface area contributed by atoms with Gasteiger partial charge in [0.1, 0.15) is 5.75 Å². The molecule has 164 valence electrons. The summed E-state index contributed by atoms with van der Waals surface area (Å²) in [5.74, 6) is 0.722. The summed E-state index contributed by atoms with van der Waals surface area (Å²) in [6, 6.07) is 21.5. The lowest BCUT2D eigenvalue weighted by Gasteiger charge is -2.10. The van der Waals surface area contributed by atoms with Crippen LogP contribution in [0.4, 0.5) is 0 Å². The summed E-state index contributed by atoms with van der Waals surface area (Å²) in [4.78, 5) is 12.5. The number of hydrogen-bond donors (Lipinski definition) is 1. The van der Waals surface area contributed by atoms with Crippen LogP contribution in [0.15, 0.2) is 71.2 Å². The third kappa shape index (κ3) is 4.84. The van der Waals surface area contributed by atoms with Gasteiger partial charge in [0.2, 0.25) is 0 Å². The number of halogens is 2. The first-order valence-electron chi connectivity index (χ1n) is 10.4. The van der Waals surface area contributed by atoms with Crippen LogP contribution in [0.3, 0.4) is 0 Å². The Morgan fingerprint density at radius 1 is 1.06 bits per heavy atom. The number of carbonyl (C=O) groups is 1. The van der Waals surface area contributed by atoms with E-state index in [1.165, 1.54) is 16.8 Å². The zero-order valence-electron chi connectivity index (χ0n) is 18.0. The van der Waals surface area contributed by atoms with Crippen molar-refractivity contribution in [3.63, 3.8) is 0 Å². The second-order valence-corrected chi connectivity index (χ2v) is 9.02. The summed E-state index contributed by atoms with van der Waals surface area (Å²) in [7, 11) is 1.68. The maximum atomic E-state index is 12.5. The molecule has 0 fully saturated rings. The molecular weight excluding hydrogens is 488 g/mol. The van der Waals surface area contributed by atoms with Crippen molar-refractivity contribution in [1.82, 2.24) is 9.88 Å². The molecule has 1 aromatic heterocycles. The van der Waals surface area contributed by atoms with E-state index in [0.717, 1.165) is 34.1 Å². The number of hydrogen-bond acceptors (Lipinski definition) is 2. The first-order chi connectivity index (χ1) is 15.5. The minimum Gasteiger partial charge on any atom is -0.497 e. The van der Waals surface area contributed by atoms with Crippen molar-refractivity contribution in [2.45, 2.75) is 19.9 Å². The number of carbonyl (C=O) groups excluding carboxylic acids is 1. The lowest BCUT2D eigenvalue weighted by atomic mass is 10.1. The highest BCUT2D eigenvalue weighted by Gasteiger charge is 2.16. The maximum absolute atomic E-state index is 12.5. The number of nitrogens with one attached hydrogen (secondary N) is 1. The second-order valence-electron chi connectivity index (χ2n) is 7.67. The highest BCUT2D eigenvalue weighted by molar-refractivity contribution is 9.10. The summed E-state index contributed by atoms with van der Waals surface area (Å²) >= 11 is 9.42. The molecule has 0 aliphatic rings. The minimum absolute atomic E-state index is 0.101. The fourth-order valence-electron chi connectivity index (χ4n) is 3.95. The summed E-state index contributed by atoms with van der Waals surface area (Å²) in [5.41, 5.74) is 5.40. The van der Waals surface area contributed by atoms with Gasteiger partial charge in [0.05, 0.1) is 7.11 Å². The molecule has 4 nitrogen and oxygen atoms in total. The van der Waals surface area contributed by atoms with Gasteiger partial charge in [0.25, 0.3) is 5.91 Å². The zero-order chi connectivity index (χ0) is 22.7. The Labute approximate surface area is 201 Å². The normalized spacial score (nSPS) is 11.0. The highest BCUT2D eigenvalue weighted by Crippen LogP contribution is 2.30. The van der Waals surface area contributed by atoms with Gasteiger partial charge in [-0.15, -0.1) is 0 Å². The molecular formula is C26H24BrClN2O2. The summed E-state index contributed by atoms with van der Waals surface area (Å²) in [5, 5.41) is 4.79. The van der Waals surface area contributed by atoms with Crippen LogP contribution in [0.2, 0.25) is 5.02 Å². The first kappa shape index (κ1) is 22.4. The number of benzene rings is 3. The lowest BCUT2D eigenvalue weighted by Crippen LogP contribution is -2.25. The van der Waals surface area contributed by atoms with Crippen molar-refractivity contribution < 1.29 is 9.53 Å². The summed E-state index contributed by atoms with van der Waals surface area (Å²) < 4.78 is 8.87. The maximum Gasteiger partial charge on any atom is 0.251 e. The smallest absolute Gasteiger partial charge is 0.251 e. The van der Waals surface area contributed by atoms with Gasteiger partial charge in [0, 0.05) is 44.7 Å². The number of nitrogens with zero attached hydrogens (tertiary/aromatic N) is 1. The molecule has 0 aliphatic heterocycles. The Kier molecular flexibility index (Phi) is 6.87. The highest BCUT2D eigenvalue weighted by atomic mass is 79.9. The minimum atomic E-state index is -0.101. The molecule has 0 radical (unpaired) electrons. The second kappa shape index (κ2) is 9.80. The van der Waals surface area contributed by atoms with E-state index < -0.39 is 0 Å². The number of ether oxygens (including phenoxy) is 1. The van der Waals surface area contributed by atoms with Crippen LogP contribution in [0.1, 0.15) is 27.2 Å². The van der Waals surface area contributed by atoms with Crippen LogP contribution in [0.25, 0.3) is 10.9 Å². The Bertz CT molecular complexity index is 1250. The van der Waals surface area contributed by atoms with E-state index in [0.29, 0.717) is 17.1 Å². The summed E-state index contributed by atoms with van der Waals surface area (Å²) in [6.45, 7) is 3.46. The predicted molar refractivity (Wildman–Crippen MR) is 134 cm³/mol. The van der Waals surface area contributed by atoms with Gasteiger partial charge < -0.3 is 14.6 Å². The molecule has 0 atom stereocenters. The number of methoxy groups -OCH3 is 1. The lowest BCUT2D eigenvalue weighted by molar-refractivity contribution is 0.0954. The Morgan fingerprint density at radius 3 is 2.47 bits per heavy atom. The molecule has 4 rings (SSSR count). The SMILES string of the molecule is COc1ccc2c(c1)c(CCNC(=O)c1ccc(Cl)cc1)c(C)n2Cc1ccc(Br)cc1. The van der Waals surface area contributed by atoms with E-state index >= 15 is 0 Å². The van der Waals surface area contributed by atoms with Gasteiger partial charge in [-0.3, -0.25) is 4.79 Å². The molecule has 0 spiro atoms. The van der Waals surface area contributed by atoms with E-state index in [9.17, 15) is 4.79 Å². The van der Waals surface area contributed by atoms with Crippen LogP contribution in [-0.4, -0.2) is 24.1 Å². The quantitative estimate of drug-likeness (QED) is 0.312. The third-order valence-corrected chi connectivity index (χ3v) is 6.46. The van der Waals surface area contributed by atoms with Crippen LogP contribution >= 0.6 is 27.5 Å². The number of aromatic nitrogens is 1. The van der Waals surface area contributed by atoms with Gasteiger partial charge in [0.15, 0.2) is 0 Å². The third-order valence-electron chi connectivity index (χ3n) is 5.68. The molecule has 1 amide bonds. The average molecular weight is 512 g/mol. The average Bonchev–Trinajstić information content (AvgIpc) is 3.06. The van der Waals surface area contributed by atoms with Crippen molar-refractivity contribution in [2.75, 3.05) is 13.7 Å². The van der Waals surface area contributed by atoms with E-state index in [1.54, 1.807) is 31.4 Å². The van der Waals surface area contributed by atoms with Crippen molar-refractivity contribution >= 4 is 44.3 Å².